The summed E-state index contributed by atoms with van der Waals surface area (Å²) in [4.78, 5) is 58.7. The Morgan fingerprint density at radius 3 is 1.39 bits per heavy atom. The van der Waals surface area contributed by atoms with Crippen LogP contribution in [-0.4, -0.2) is 82.3 Å². The lowest BCUT2D eigenvalue weighted by atomic mass is 9.46. The second-order valence-corrected chi connectivity index (χ2v) is 28.4. The molecule has 0 saturated heterocycles. The maximum atomic E-state index is 13.5. The zero-order valence-electron chi connectivity index (χ0n) is 53.2. The van der Waals surface area contributed by atoms with Gasteiger partial charge >= 0.3 is 29.8 Å². The summed E-state index contributed by atoms with van der Waals surface area (Å²) in [5, 5.41) is 0. The van der Waals surface area contributed by atoms with Crippen molar-refractivity contribution in [1.82, 2.24) is 0 Å². The van der Waals surface area contributed by atoms with E-state index in [1.807, 2.05) is 90.0 Å². The third-order valence-corrected chi connectivity index (χ3v) is 21.1. The molecule has 9 aliphatic rings. The van der Waals surface area contributed by atoms with E-state index in [1.165, 1.54) is 90.6 Å². The number of fused-ring (bicyclic) bond motifs is 9. The molecular formula is C66H116O13. The Labute approximate surface area is 480 Å². The zero-order valence-corrected chi connectivity index (χ0v) is 53.2. The van der Waals surface area contributed by atoms with E-state index in [0.29, 0.717) is 25.2 Å². The first-order valence-corrected chi connectivity index (χ1v) is 31.7. The summed E-state index contributed by atoms with van der Waals surface area (Å²) in [6, 6.07) is 0. The monoisotopic (exact) mass is 1120 g/mol. The molecule has 0 aromatic heterocycles. The summed E-state index contributed by atoms with van der Waals surface area (Å²) in [5.41, 5.74) is -1.48. The van der Waals surface area contributed by atoms with Crippen molar-refractivity contribution in [1.29, 1.82) is 0 Å². The Kier molecular flexibility index (Phi) is 26.7. The summed E-state index contributed by atoms with van der Waals surface area (Å²) >= 11 is 0. The van der Waals surface area contributed by atoms with Gasteiger partial charge in [-0.1, -0.05) is 60.3 Å². The highest BCUT2D eigenvalue weighted by molar-refractivity contribution is 5.77. The van der Waals surface area contributed by atoms with E-state index in [4.69, 9.17) is 33.2 Å². The van der Waals surface area contributed by atoms with Crippen LogP contribution in [0, 0.1) is 86.3 Å². The molecule has 0 heterocycles. The average molecular weight is 1120 g/mol. The summed E-state index contributed by atoms with van der Waals surface area (Å²) in [6.45, 7) is 32.9. The lowest BCUT2D eigenvalue weighted by molar-refractivity contribution is -0.204. The summed E-state index contributed by atoms with van der Waals surface area (Å²) in [6.07, 6.45) is 26.8. The van der Waals surface area contributed by atoms with Crippen molar-refractivity contribution in [3.63, 3.8) is 0 Å². The summed E-state index contributed by atoms with van der Waals surface area (Å²) in [5.74, 6) is 7.89. The molecule has 0 aromatic rings. The number of esters is 5. The van der Waals surface area contributed by atoms with Crippen molar-refractivity contribution in [2.75, 3.05) is 40.7 Å². The minimum Gasteiger partial charge on any atom is -0.469 e. The van der Waals surface area contributed by atoms with Crippen LogP contribution in [0.5, 0.6) is 0 Å². The van der Waals surface area contributed by atoms with E-state index in [1.54, 1.807) is 0 Å². The highest BCUT2D eigenvalue weighted by Gasteiger charge is 2.65. The smallest absolute Gasteiger partial charge is 0.313 e. The Balaban J connectivity index is 0.000000229. The van der Waals surface area contributed by atoms with Crippen LogP contribution in [0.4, 0.5) is 0 Å². The van der Waals surface area contributed by atoms with E-state index in [-0.39, 0.29) is 72.6 Å². The van der Waals surface area contributed by atoms with Gasteiger partial charge in [0.2, 0.25) is 0 Å². The van der Waals surface area contributed by atoms with Crippen LogP contribution < -0.4 is 0 Å². The van der Waals surface area contributed by atoms with Crippen LogP contribution in [0.25, 0.3) is 0 Å². The van der Waals surface area contributed by atoms with Crippen molar-refractivity contribution in [2.45, 2.75) is 264 Å². The maximum Gasteiger partial charge on any atom is 0.313 e. The predicted octanol–water partition coefficient (Wildman–Crippen LogP) is 15.4. The third kappa shape index (κ3) is 18.6. The van der Waals surface area contributed by atoms with Crippen molar-refractivity contribution < 1.29 is 61.9 Å². The number of ether oxygens (including phenoxy) is 8. The standard InChI is InChI=1S/C26H38O2.C13H24O3.C11H22O3.C9H18O3.C7H14O2/c1-25(2,26-11-14-5-15(12-26)7-16(6-14)13-26)28-24(27)21-10-19-9-20(21)23-18-4-3-17(8-18)22(19)23;1-4-13(2,3)12(14)16-10-15-11-8-6-5-7-9-11;1-5-7-8-13-9-14-10(12)11(3,4)6-2;1-5-9(3,4)8(10)12-7-11-6-2;1-5-7(2,3)6(8)9-4/h14-23H,3-13H2,1-2H3;11H,4-10H2,1-3H3;5-9H2,1-4H3;5-7H2,1-4H3;5H2,1-4H3. The topological polar surface area (TPSA) is 159 Å². The summed E-state index contributed by atoms with van der Waals surface area (Å²) < 4.78 is 41.7. The van der Waals surface area contributed by atoms with Crippen LogP contribution in [0.3, 0.4) is 0 Å². The second kappa shape index (κ2) is 30.7. The Hall–Kier alpha value is -2.77. The molecule has 0 aliphatic heterocycles. The predicted molar refractivity (Wildman–Crippen MR) is 310 cm³/mol. The van der Waals surface area contributed by atoms with Crippen molar-refractivity contribution in [2.24, 2.45) is 86.3 Å². The lowest BCUT2D eigenvalue weighted by Gasteiger charge is -2.61. The average Bonchev–Trinajstić information content (AvgIpc) is 4.33. The Bertz CT molecular complexity index is 1860. The first-order chi connectivity index (χ1) is 37.1. The molecule has 8 bridgehead atoms. The molecule has 13 heteroatoms. The minimum absolute atomic E-state index is 0.0682. The molecule has 0 aromatic carbocycles. The highest BCUT2D eigenvalue weighted by Crippen LogP contribution is 2.69. The van der Waals surface area contributed by atoms with Crippen molar-refractivity contribution >= 4 is 29.8 Å². The van der Waals surface area contributed by atoms with Gasteiger partial charge in [-0.2, -0.15) is 0 Å². The van der Waals surface area contributed by atoms with E-state index < -0.39 is 16.2 Å². The molecular weight excluding hydrogens is 1000 g/mol. The molecule has 0 radical (unpaired) electrons. The molecule has 9 saturated carbocycles. The molecule has 0 N–H and O–H groups in total. The molecule has 7 unspecified atom stereocenters. The van der Waals surface area contributed by atoms with E-state index in [9.17, 15) is 24.0 Å². The molecule has 13 nitrogen and oxygen atoms in total. The van der Waals surface area contributed by atoms with Gasteiger partial charge < -0.3 is 37.9 Å². The number of carbonyl (C=O) groups is 5. The molecule has 79 heavy (non-hydrogen) atoms. The van der Waals surface area contributed by atoms with Crippen LogP contribution in [0.2, 0.25) is 0 Å². The van der Waals surface area contributed by atoms with Crippen molar-refractivity contribution in [3.05, 3.63) is 0 Å². The van der Waals surface area contributed by atoms with Gasteiger partial charge in [0, 0.05) is 12.0 Å². The number of hydrogen-bond donors (Lipinski definition) is 0. The first kappa shape index (κ1) is 68.7. The van der Waals surface area contributed by atoms with Crippen LogP contribution >= 0.6 is 0 Å². The highest BCUT2D eigenvalue weighted by atomic mass is 16.7. The van der Waals surface area contributed by atoms with Crippen molar-refractivity contribution in [3.8, 4) is 0 Å². The van der Waals surface area contributed by atoms with Gasteiger partial charge in [0.05, 0.1) is 47.4 Å². The van der Waals surface area contributed by atoms with E-state index in [0.717, 1.165) is 105 Å². The molecule has 458 valence electrons. The third-order valence-electron chi connectivity index (χ3n) is 21.1. The fourth-order valence-corrected chi connectivity index (χ4v) is 14.6. The Morgan fingerprint density at radius 2 is 0.949 bits per heavy atom. The fourth-order valence-electron chi connectivity index (χ4n) is 14.6. The number of rotatable bonds is 22. The number of unbranched alkanes of at least 4 members (excludes halogenated alkanes) is 1. The van der Waals surface area contributed by atoms with Gasteiger partial charge in [-0.25, -0.2) is 0 Å². The minimum atomic E-state index is -0.395. The molecule has 0 spiro atoms. The van der Waals surface area contributed by atoms with Gasteiger partial charge in [-0.15, -0.1) is 0 Å². The largest absolute Gasteiger partial charge is 0.469 e. The SMILES string of the molecule is CC(C)(OC(=O)C1CC2CC1C1C3CCC(C3)C21)C12CC3CC(CC(C3)C1)C2.CCC(C)(C)C(=O)OC.CCC(C)(C)C(=O)OCOC1CCCCC1.CCCCOCOC(=O)C(C)(C)CC.CCOCOC(=O)C(C)(C)CC. The van der Waals surface area contributed by atoms with Crippen LogP contribution in [0.15, 0.2) is 0 Å². The van der Waals surface area contributed by atoms with E-state index in [2.05, 4.69) is 25.5 Å². The normalized spacial score (nSPS) is 29.2. The molecule has 9 aliphatic carbocycles. The van der Waals surface area contributed by atoms with E-state index >= 15 is 0 Å². The van der Waals surface area contributed by atoms with Gasteiger partial charge in [-0.05, 0) is 245 Å². The zero-order chi connectivity index (χ0) is 59.0. The number of methoxy groups -OCH3 is 1. The molecule has 0 amide bonds. The molecule has 9 rings (SSSR count). The first-order valence-electron chi connectivity index (χ1n) is 31.7. The summed E-state index contributed by atoms with van der Waals surface area (Å²) in [7, 11) is 1.42. The molecule has 9 fully saturated rings. The molecule has 7 atom stereocenters. The van der Waals surface area contributed by atoms with Gasteiger partial charge in [-0.3, -0.25) is 24.0 Å². The number of hydrogen-bond acceptors (Lipinski definition) is 13. The van der Waals surface area contributed by atoms with Gasteiger partial charge in [0.25, 0.3) is 0 Å². The quantitative estimate of drug-likeness (QED) is 0.0332. The van der Waals surface area contributed by atoms with Crippen LogP contribution in [0.1, 0.15) is 252 Å². The lowest BCUT2D eigenvalue weighted by Crippen LogP contribution is -2.57. The Morgan fingerprint density at radius 1 is 0.494 bits per heavy atom. The number of carbonyl (C=O) groups excluding carboxylic acids is 5. The maximum absolute atomic E-state index is 13.5. The second-order valence-electron chi connectivity index (χ2n) is 28.4. The van der Waals surface area contributed by atoms with Gasteiger partial charge in [0.15, 0.2) is 20.4 Å². The van der Waals surface area contributed by atoms with Crippen LogP contribution in [-0.2, 0) is 61.9 Å². The van der Waals surface area contributed by atoms with Gasteiger partial charge in [0.1, 0.15) is 5.60 Å². The fraction of sp³-hybridized carbons (Fsp3) is 0.924.